The standard InChI is InChI=1S/C14H13ClF4N2O2/c15-10-3-1-2-9(20-10)11(22)21-6-14(18,19)12(23)13(21)4-7(16)8(17)5-13/h1-3,7-8,12,23H,4-6H2/t7-,8+,12-,13?/m1/s1. The monoisotopic (exact) mass is 352 g/mol. The van der Waals surface area contributed by atoms with E-state index in [4.69, 9.17) is 11.6 Å². The van der Waals surface area contributed by atoms with Gasteiger partial charge in [-0.2, -0.15) is 0 Å². The summed E-state index contributed by atoms with van der Waals surface area (Å²) in [7, 11) is 0. The number of aliphatic hydroxyl groups excluding tert-OH is 1. The van der Waals surface area contributed by atoms with Gasteiger partial charge in [-0.25, -0.2) is 22.5 Å². The summed E-state index contributed by atoms with van der Waals surface area (Å²) in [5, 5.41) is 9.92. The highest BCUT2D eigenvalue weighted by Gasteiger charge is 2.68. The van der Waals surface area contributed by atoms with Crippen molar-refractivity contribution in [1.82, 2.24) is 9.88 Å². The highest BCUT2D eigenvalue weighted by molar-refractivity contribution is 6.29. The minimum absolute atomic E-state index is 0.0189. The van der Waals surface area contributed by atoms with Crippen molar-refractivity contribution in [2.45, 2.75) is 42.8 Å². The third kappa shape index (κ3) is 2.48. The van der Waals surface area contributed by atoms with Crippen LogP contribution < -0.4 is 0 Å². The number of carbonyl (C=O) groups excluding carboxylic acids is 1. The van der Waals surface area contributed by atoms with Crippen LogP contribution in [0.1, 0.15) is 23.3 Å². The van der Waals surface area contributed by atoms with E-state index in [2.05, 4.69) is 4.98 Å². The third-order valence-electron chi connectivity index (χ3n) is 4.48. The average Bonchev–Trinajstić information content (AvgIpc) is 2.88. The maximum Gasteiger partial charge on any atom is 0.292 e. The molecule has 1 unspecified atom stereocenters. The van der Waals surface area contributed by atoms with Crippen LogP contribution in [0.5, 0.6) is 0 Å². The normalized spacial score (nSPS) is 35.9. The minimum atomic E-state index is -3.65. The van der Waals surface area contributed by atoms with Crippen LogP contribution >= 0.6 is 11.6 Å². The van der Waals surface area contributed by atoms with Gasteiger partial charge in [-0.1, -0.05) is 17.7 Å². The van der Waals surface area contributed by atoms with Crippen LogP contribution in [-0.2, 0) is 0 Å². The van der Waals surface area contributed by atoms with Gasteiger partial charge in [0.05, 0.1) is 12.1 Å². The SMILES string of the molecule is O=C(c1cccc(Cl)n1)N1CC(F)(F)[C@H](O)C12C[C@@H](F)[C@@H](F)C2. The first-order chi connectivity index (χ1) is 10.7. The number of nitrogens with zero attached hydrogens (tertiary/aromatic N) is 2. The van der Waals surface area contributed by atoms with E-state index in [0.29, 0.717) is 4.90 Å². The van der Waals surface area contributed by atoms with Crippen molar-refractivity contribution in [3.8, 4) is 0 Å². The summed E-state index contributed by atoms with van der Waals surface area (Å²) >= 11 is 5.68. The van der Waals surface area contributed by atoms with Gasteiger partial charge < -0.3 is 10.0 Å². The lowest BCUT2D eigenvalue weighted by molar-refractivity contribution is -0.0970. The van der Waals surface area contributed by atoms with Gasteiger partial charge in [-0.15, -0.1) is 0 Å². The Hall–Kier alpha value is -1.41. The van der Waals surface area contributed by atoms with Gasteiger partial charge in [-0.3, -0.25) is 4.79 Å². The van der Waals surface area contributed by atoms with Crippen LogP contribution in [0.25, 0.3) is 0 Å². The lowest BCUT2D eigenvalue weighted by Crippen LogP contribution is -2.52. The van der Waals surface area contributed by atoms with E-state index in [1.165, 1.54) is 18.2 Å². The van der Waals surface area contributed by atoms with Crippen molar-refractivity contribution in [2.24, 2.45) is 0 Å². The summed E-state index contributed by atoms with van der Waals surface area (Å²) in [6.07, 6.45) is -7.73. The Morgan fingerprint density at radius 3 is 2.48 bits per heavy atom. The fraction of sp³-hybridized carbons (Fsp3) is 0.571. The molecule has 0 radical (unpaired) electrons. The molecular weight excluding hydrogens is 340 g/mol. The summed E-state index contributed by atoms with van der Waals surface area (Å²) in [5.74, 6) is -4.59. The fourth-order valence-electron chi connectivity index (χ4n) is 3.39. The van der Waals surface area contributed by atoms with E-state index in [0.717, 1.165) is 0 Å². The van der Waals surface area contributed by atoms with Gasteiger partial charge in [0, 0.05) is 12.8 Å². The number of aliphatic hydroxyl groups is 1. The number of hydrogen-bond donors (Lipinski definition) is 1. The van der Waals surface area contributed by atoms with Gasteiger partial charge in [-0.05, 0) is 12.1 Å². The lowest BCUT2D eigenvalue weighted by atomic mass is 9.89. The molecule has 23 heavy (non-hydrogen) atoms. The first-order valence-corrected chi connectivity index (χ1v) is 7.34. The molecule has 1 saturated carbocycles. The Bertz CT molecular complexity index is 635. The predicted octanol–water partition coefficient (Wildman–Crippen LogP) is 2.40. The number of pyridine rings is 1. The molecule has 1 aromatic rings. The number of likely N-dealkylation sites (tertiary alicyclic amines) is 1. The van der Waals surface area contributed by atoms with Crippen LogP contribution in [-0.4, -0.2) is 57.4 Å². The Morgan fingerprint density at radius 2 is 1.91 bits per heavy atom. The topological polar surface area (TPSA) is 53.4 Å². The molecule has 0 bridgehead atoms. The molecule has 4 atom stereocenters. The number of hydrogen-bond acceptors (Lipinski definition) is 3. The van der Waals surface area contributed by atoms with Gasteiger partial charge in [0.15, 0.2) is 0 Å². The predicted molar refractivity (Wildman–Crippen MR) is 73.0 cm³/mol. The first kappa shape index (κ1) is 16.4. The first-order valence-electron chi connectivity index (χ1n) is 6.96. The van der Waals surface area contributed by atoms with E-state index in [9.17, 15) is 27.5 Å². The molecule has 1 aliphatic heterocycles. The quantitative estimate of drug-likeness (QED) is 0.624. The number of aromatic nitrogens is 1. The molecule has 4 nitrogen and oxygen atoms in total. The molecule has 2 fully saturated rings. The minimum Gasteiger partial charge on any atom is -0.384 e. The summed E-state index contributed by atoms with van der Waals surface area (Å²) in [4.78, 5) is 16.9. The maximum absolute atomic E-state index is 14.0. The van der Waals surface area contributed by atoms with Gasteiger partial charge in [0.2, 0.25) is 0 Å². The third-order valence-corrected chi connectivity index (χ3v) is 4.69. The maximum atomic E-state index is 14.0. The number of alkyl halides is 4. The molecule has 3 rings (SSSR count). The van der Waals surface area contributed by atoms with Crippen molar-refractivity contribution >= 4 is 17.5 Å². The number of rotatable bonds is 1. The van der Waals surface area contributed by atoms with Crippen LogP contribution in [0, 0.1) is 0 Å². The van der Waals surface area contributed by atoms with E-state index >= 15 is 0 Å². The van der Waals surface area contributed by atoms with Gasteiger partial charge in [0.1, 0.15) is 29.3 Å². The number of carbonyl (C=O) groups is 1. The molecule has 2 aliphatic rings. The molecule has 1 N–H and O–H groups in total. The molecule has 126 valence electrons. The van der Waals surface area contributed by atoms with Crippen molar-refractivity contribution in [3.05, 3.63) is 29.0 Å². The van der Waals surface area contributed by atoms with Crippen LogP contribution in [0.15, 0.2) is 18.2 Å². The molecule has 1 aliphatic carbocycles. The molecule has 2 heterocycles. The van der Waals surface area contributed by atoms with Crippen molar-refractivity contribution in [3.63, 3.8) is 0 Å². The van der Waals surface area contributed by atoms with Crippen LogP contribution in [0.3, 0.4) is 0 Å². The second kappa shape index (κ2) is 5.31. The average molecular weight is 353 g/mol. The second-order valence-electron chi connectivity index (χ2n) is 5.94. The highest BCUT2D eigenvalue weighted by Crippen LogP contribution is 2.50. The van der Waals surface area contributed by atoms with E-state index in [-0.39, 0.29) is 10.8 Å². The van der Waals surface area contributed by atoms with Gasteiger partial charge >= 0.3 is 0 Å². The van der Waals surface area contributed by atoms with Crippen molar-refractivity contribution < 1.29 is 27.5 Å². The van der Waals surface area contributed by atoms with E-state index < -0.39 is 55.2 Å². The molecule has 9 heteroatoms. The number of amides is 1. The molecule has 1 amide bonds. The summed E-state index contributed by atoms with van der Waals surface area (Å²) in [6, 6.07) is 4.07. The van der Waals surface area contributed by atoms with Crippen LogP contribution in [0.2, 0.25) is 5.15 Å². The smallest absolute Gasteiger partial charge is 0.292 e. The zero-order valence-corrected chi connectivity index (χ0v) is 12.5. The molecule has 1 aromatic heterocycles. The van der Waals surface area contributed by atoms with E-state index in [1.807, 2.05) is 0 Å². The lowest BCUT2D eigenvalue weighted by Gasteiger charge is -2.36. The van der Waals surface area contributed by atoms with Crippen LogP contribution in [0.4, 0.5) is 17.6 Å². The van der Waals surface area contributed by atoms with Gasteiger partial charge in [0.25, 0.3) is 11.8 Å². The highest BCUT2D eigenvalue weighted by atomic mass is 35.5. The molecule has 1 saturated heterocycles. The number of halogens is 5. The molecular formula is C14H13ClF4N2O2. The largest absolute Gasteiger partial charge is 0.384 e. The molecule has 0 aromatic carbocycles. The summed E-state index contributed by atoms with van der Waals surface area (Å²) in [5.41, 5.74) is -2.21. The second-order valence-corrected chi connectivity index (χ2v) is 6.33. The Balaban J connectivity index is 2.01. The van der Waals surface area contributed by atoms with Crippen molar-refractivity contribution in [2.75, 3.05) is 6.54 Å². The molecule has 1 spiro atoms. The summed E-state index contributed by atoms with van der Waals surface area (Å²) in [6.45, 7) is -1.12. The van der Waals surface area contributed by atoms with Crippen molar-refractivity contribution in [1.29, 1.82) is 0 Å². The van der Waals surface area contributed by atoms with E-state index in [1.54, 1.807) is 0 Å². The Morgan fingerprint density at radius 1 is 1.30 bits per heavy atom. The fourth-order valence-corrected chi connectivity index (χ4v) is 3.56. The zero-order valence-electron chi connectivity index (χ0n) is 11.7. The summed E-state index contributed by atoms with van der Waals surface area (Å²) < 4.78 is 55.2. The Kier molecular flexibility index (Phi) is 3.79. The Labute approximate surface area is 134 Å². The zero-order chi connectivity index (χ0) is 17.0.